The lowest BCUT2D eigenvalue weighted by Crippen LogP contribution is -2.15. The van der Waals surface area contributed by atoms with E-state index in [2.05, 4.69) is 24.1 Å². The van der Waals surface area contributed by atoms with Crippen molar-refractivity contribution >= 4 is 23.0 Å². The Kier molecular flexibility index (Phi) is 3.04. The number of rotatable bonds is 4. The fraction of sp³-hybridized carbons (Fsp3) is 0.308. The van der Waals surface area contributed by atoms with Crippen molar-refractivity contribution in [3.63, 3.8) is 0 Å². The highest BCUT2D eigenvalue weighted by Crippen LogP contribution is 2.31. The minimum Gasteiger partial charge on any atom is -0.397 e. The van der Waals surface area contributed by atoms with Gasteiger partial charge in [0.1, 0.15) is 0 Å². The molecule has 1 aliphatic rings. The third-order valence-corrected chi connectivity index (χ3v) is 2.82. The Morgan fingerprint density at radius 1 is 1.65 bits per heavy atom. The van der Waals surface area contributed by atoms with Gasteiger partial charge in [0.05, 0.1) is 17.8 Å². The van der Waals surface area contributed by atoms with Crippen LogP contribution in [0.25, 0.3) is 0 Å². The number of nitrogen functional groups attached to an aromatic ring is 1. The summed E-state index contributed by atoms with van der Waals surface area (Å²) in [5, 5.41) is 6.12. The quantitative estimate of drug-likeness (QED) is 0.549. The molecule has 1 heterocycles. The first-order valence-corrected chi connectivity index (χ1v) is 5.70. The molecule has 1 unspecified atom stereocenters. The van der Waals surface area contributed by atoms with Crippen LogP contribution in [0, 0.1) is 0 Å². The van der Waals surface area contributed by atoms with E-state index in [1.807, 2.05) is 18.2 Å². The number of carbonyl (C=O) groups is 1. The number of nitrogens with two attached hydrogens (primary N) is 1. The largest absolute Gasteiger partial charge is 0.397 e. The highest BCUT2D eigenvalue weighted by molar-refractivity contribution is 6.00. The first-order chi connectivity index (χ1) is 8.10. The predicted molar refractivity (Wildman–Crippen MR) is 71.1 cm³/mol. The minimum atomic E-state index is 0.0238. The lowest BCUT2D eigenvalue weighted by atomic mass is 10.1. The predicted octanol–water partition coefficient (Wildman–Crippen LogP) is 2.14. The molecule has 1 amide bonds. The molecule has 1 aliphatic heterocycles. The van der Waals surface area contributed by atoms with E-state index in [4.69, 9.17) is 5.73 Å². The van der Waals surface area contributed by atoms with E-state index in [1.54, 1.807) is 0 Å². The molecule has 0 aliphatic carbocycles. The molecule has 0 bridgehead atoms. The van der Waals surface area contributed by atoms with Gasteiger partial charge in [0, 0.05) is 11.7 Å². The Morgan fingerprint density at radius 3 is 3.12 bits per heavy atom. The van der Waals surface area contributed by atoms with Crippen LogP contribution in [0.15, 0.2) is 24.8 Å². The molecule has 1 atom stereocenters. The summed E-state index contributed by atoms with van der Waals surface area (Å²) >= 11 is 0. The molecular weight excluding hydrogens is 214 g/mol. The molecule has 4 nitrogen and oxygen atoms in total. The summed E-state index contributed by atoms with van der Waals surface area (Å²) in [6, 6.07) is 4.02. The summed E-state index contributed by atoms with van der Waals surface area (Å²) in [5.41, 5.74) is 9.32. The standard InChI is InChI=1S/C13H17N3O/c1-3-4-8(2)15-12-7-11-9(5-10(12)14)6-13(17)16-11/h3,5,7-8,15H,1,4,6,14H2,2H3,(H,16,17). The molecule has 4 N–H and O–H groups in total. The van der Waals surface area contributed by atoms with Crippen molar-refractivity contribution in [2.75, 3.05) is 16.4 Å². The average Bonchev–Trinajstić information content (AvgIpc) is 2.58. The second-order valence-electron chi connectivity index (χ2n) is 4.39. The molecule has 1 aromatic carbocycles. The summed E-state index contributed by atoms with van der Waals surface area (Å²) < 4.78 is 0. The summed E-state index contributed by atoms with van der Waals surface area (Å²) in [6.45, 7) is 5.77. The molecule has 4 heteroatoms. The SMILES string of the molecule is C=CCC(C)Nc1cc2c(cc1N)CC(=O)N2. The van der Waals surface area contributed by atoms with Gasteiger partial charge in [-0.25, -0.2) is 0 Å². The number of hydrogen-bond donors (Lipinski definition) is 3. The van der Waals surface area contributed by atoms with Crippen molar-refractivity contribution < 1.29 is 4.79 Å². The summed E-state index contributed by atoms with van der Waals surface area (Å²) in [5.74, 6) is 0.0238. The zero-order chi connectivity index (χ0) is 12.4. The van der Waals surface area contributed by atoms with Crippen LogP contribution in [0.3, 0.4) is 0 Å². The Labute approximate surface area is 101 Å². The molecule has 90 valence electrons. The van der Waals surface area contributed by atoms with Crippen LogP contribution < -0.4 is 16.4 Å². The third-order valence-electron chi connectivity index (χ3n) is 2.82. The number of carbonyl (C=O) groups excluding carboxylic acids is 1. The van der Waals surface area contributed by atoms with E-state index in [0.29, 0.717) is 12.1 Å². The van der Waals surface area contributed by atoms with Crippen LogP contribution in [0.5, 0.6) is 0 Å². The first-order valence-electron chi connectivity index (χ1n) is 5.70. The van der Waals surface area contributed by atoms with Gasteiger partial charge in [-0.1, -0.05) is 6.08 Å². The fourth-order valence-electron chi connectivity index (χ4n) is 1.99. The van der Waals surface area contributed by atoms with Gasteiger partial charge >= 0.3 is 0 Å². The maximum Gasteiger partial charge on any atom is 0.228 e. The van der Waals surface area contributed by atoms with Gasteiger partial charge in [0.2, 0.25) is 5.91 Å². The second kappa shape index (κ2) is 4.49. The number of fused-ring (bicyclic) bond motifs is 1. The third kappa shape index (κ3) is 2.41. The maximum atomic E-state index is 11.3. The summed E-state index contributed by atoms with van der Waals surface area (Å²) in [6.07, 6.45) is 3.15. The Balaban J connectivity index is 2.21. The lowest BCUT2D eigenvalue weighted by Gasteiger charge is -2.16. The maximum absolute atomic E-state index is 11.3. The summed E-state index contributed by atoms with van der Waals surface area (Å²) in [7, 11) is 0. The van der Waals surface area contributed by atoms with E-state index in [9.17, 15) is 4.79 Å². The van der Waals surface area contributed by atoms with Crippen molar-refractivity contribution in [3.8, 4) is 0 Å². The number of hydrogen-bond acceptors (Lipinski definition) is 3. The smallest absolute Gasteiger partial charge is 0.228 e. The van der Waals surface area contributed by atoms with Crippen molar-refractivity contribution in [1.29, 1.82) is 0 Å². The van der Waals surface area contributed by atoms with Crippen molar-refractivity contribution in [2.45, 2.75) is 25.8 Å². The van der Waals surface area contributed by atoms with Gasteiger partial charge in [-0.15, -0.1) is 6.58 Å². The Hall–Kier alpha value is -1.97. The van der Waals surface area contributed by atoms with Gasteiger partial charge in [-0.05, 0) is 31.0 Å². The van der Waals surface area contributed by atoms with Crippen LogP contribution >= 0.6 is 0 Å². The van der Waals surface area contributed by atoms with Crippen LogP contribution in [-0.2, 0) is 11.2 Å². The van der Waals surface area contributed by atoms with Gasteiger partial charge in [-0.3, -0.25) is 4.79 Å². The van der Waals surface area contributed by atoms with Crippen molar-refractivity contribution in [1.82, 2.24) is 0 Å². The van der Waals surface area contributed by atoms with E-state index in [1.165, 1.54) is 0 Å². The molecule has 17 heavy (non-hydrogen) atoms. The molecule has 0 saturated heterocycles. The number of benzene rings is 1. The Bertz CT molecular complexity index is 468. The van der Waals surface area contributed by atoms with E-state index < -0.39 is 0 Å². The van der Waals surface area contributed by atoms with Gasteiger partial charge < -0.3 is 16.4 Å². The molecule has 0 aromatic heterocycles. The van der Waals surface area contributed by atoms with E-state index in [-0.39, 0.29) is 11.9 Å². The number of nitrogens with one attached hydrogen (secondary N) is 2. The molecular formula is C13H17N3O. The number of anilines is 3. The van der Waals surface area contributed by atoms with Crippen LogP contribution in [0.2, 0.25) is 0 Å². The van der Waals surface area contributed by atoms with E-state index >= 15 is 0 Å². The normalized spacial score (nSPS) is 15.0. The molecule has 0 saturated carbocycles. The van der Waals surface area contributed by atoms with Crippen LogP contribution in [-0.4, -0.2) is 11.9 Å². The van der Waals surface area contributed by atoms with Gasteiger partial charge in [0.15, 0.2) is 0 Å². The summed E-state index contributed by atoms with van der Waals surface area (Å²) in [4.78, 5) is 11.3. The minimum absolute atomic E-state index is 0.0238. The van der Waals surface area contributed by atoms with Crippen LogP contribution in [0.4, 0.5) is 17.1 Å². The highest BCUT2D eigenvalue weighted by atomic mass is 16.1. The zero-order valence-corrected chi connectivity index (χ0v) is 9.92. The van der Waals surface area contributed by atoms with Crippen molar-refractivity contribution in [3.05, 3.63) is 30.4 Å². The van der Waals surface area contributed by atoms with Crippen LogP contribution in [0.1, 0.15) is 18.9 Å². The molecule has 0 radical (unpaired) electrons. The lowest BCUT2D eigenvalue weighted by molar-refractivity contribution is -0.115. The molecule has 1 aromatic rings. The molecule has 0 fully saturated rings. The number of amides is 1. The Morgan fingerprint density at radius 2 is 2.41 bits per heavy atom. The molecule has 0 spiro atoms. The average molecular weight is 231 g/mol. The van der Waals surface area contributed by atoms with Gasteiger partial charge in [0.25, 0.3) is 0 Å². The zero-order valence-electron chi connectivity index (χ0n) is 9.92. The van der Waals surface area contributed by atoms with E-state index in [0.717, 1.165) is 23.4 Å². The second-order valence-corrected chi connectivity index (χ2v) is 4.39. The molecule has 2 rings (SSSR count). The topological polar surface area (TPSA) is 67.1 Å². The first kappa shape index (κ1) is 11.5. The highest BCUT2D eigenvalue weighted by Gasteiger charge is 2.19. The monoisotopic (exact) mass is 231 g/mol. The van der Waals surface area contributed by atoms with Crippen molar-refractivity contribution in [2.24, 2.45) is 0 Å². The van der Waals surface area contributed by atoms with Gasteiger partial charge in [-0.2, -0.15) is 0 Å². The fourth-order valence-corrected chi connectivity index (χ4v) is 1.99.